The van der Waals surface area contributed by atoms with Crippen LogP contribution in [-0.2, 0) is 0 Å². The molecule has 2 saturated carbocycles. The number of nitrogens with one attached hydrogen (secondary N) is 1. The van der Waals surface area contributed by atoms with Crippen LogP contribution in [0.15, 0.2) is 6.07 Å². The summed E-state index contributed by atoms with van der Waals surface area (Å²) in [6.45, 7) is 5.81. The smallest absolute Gasteiger partial charge is 0.226 e. The molecule has 0 saturated heterocycles. The van der Waals surface area contributed by atoms with Crippen molar-refractivity contribution < 1.29 is 4.74 Å². The fourth-order valence-corrected chi connectivity index (χ4v) is 2.74. The SMILES string of the molecule is CCCOc1cc(C)nc(NCC2(C3CC3)CC2)n1. The standard InChI is InChI=1S/C15H23N3O/c1-3-8-19-13-9-11(2)17-14(18-13)16-10-15(6-7-15)12-4-5-12/h9,12H,3-8,10H2,1-2H3,(H,16,17,18). The zero-order valence-electron chi connectivity index (χ0n) is 11.9. The molecule has 3 rings (SSSR count). The molecule has 0 bridgehead atoms. The minimum Gasteiger partial charge on any atom is -0.478 e. The molecule has 1 aromatic heterocycles. The molecule has 0 unspecified atom stereocenters. The Bertz CT molecular complexity index is 453. The highest BCUT2D eigenvalue weighted by atomic mass is 16.5. The molecule has 4 nitrogen and oxygen atoms in total. The van der Waals surface area contributed by atoms with Crippen LogP contribution < -0.4 is 10.1 Å². The maximum atomic E-state index is 5.59. The van der Waals surface area contributed by atoms with Crippen LogP contribution in [0, 0.1) is 18.3 Å². The van der Waals surface area contributed by atoms with Gasteiger partial charge in [0.1, 0.15) is 0 Å². The third-order valence-electron chi connectivity index (χ3n) is 4.22. The van der Waals surface area contributed by atoms with Gasteiger partial charge in [0.05, 0.1) is 6.61 Å². The summed E-state index contributed by atoms with van der Waals surface area (Å²) in [5, 5.41) is 3.42. The molecular formula is C15H23N3O. The summed E-state index contributed by atoms with van der Waals surface area (Å²) in [7, 11) is 0. The highest BCUT2D eigenvalue weighted by Crippen LogP contribution is 2.61. The van der Waals surface area contributed by atoms with E-state index in [1.807, 2.05) is 13.0 Å². The number of ether oxygens (including phenoxy) is 1. The zero-order valence-corrected chi connectivity index (χ0v) is 11.9. The van der Waals surface area contributed by atoms with E-state index in [0.717, 1.165) is 30.5 Å². The van der Waals surface area contributed by atoms with E-state index in [4.69, 9.17) is 4.74 Å². The predicted octanol–water partition coefficient (Wildman–Crippen LogP) is 3.18. The van der Waals surface area contributed by atoms with Gasteiger partial charge in [-0.1, -0.05) is 6.92 Å². The van der Waals surface area contributed by atoms with E-state index >= 15 is 0 Å². The summed E-state index contributed by atoms with van der Waals surface area (Å²) in [5.41, 5.74) is 1.53. The van der Waals surface area contributed by atoms with Crippen LogP contribution in [0.2, 0.25) is 0 Å². The molecule has 0 radical (unpaired) electrons. The minimum atomic E-state index is 0.567. The Kier molecular flexibility index (Phi) is 3.33. The Labute approximate surface area is 115 Å². The van der Waals surface area contributed by atoms with Gasteiger partial charge in [-0.05, 0) is 50.4 Å². The first-order valence-corrected chi connectivity index (χ1v) is 7.44. The quantitative estimate of drug-likeness (QED) is 0.819. The second kappa shape index (κ2) is 4.99. The second-order valence-corrected chi connectivity index (χ2v) is 6.01. The lowest BCUT2D eigenvalue weighted by atomic mass is 10.0. The van der Waals surface area contributed by atoms with Crippen molar-refractivity contribution in [1.29, 1.82) is 0 Å². The van der Waals surface area contributed by atoms with Gasteiger partial charge in [-0.2, -0.15) is 4.98 Å². The summed E-state index contributed by atoms with van der Waals surface area (Å²) in [5.74, 6) is 2.37. The van der Waals surface area contributed by atoms with Crippen LogP contribution in [0.4, 0.5) is 5.95 Å². The highest BCUT2D eigenvalue weighted by molar-refractivity contribution is 5.31. The predicted molar refractivity (Wildman–Crippen MR) is 75.4 cm³/mol. The van der Waals surface area contributed by atoms with Crippen molar-refractivity contribution in [2.45, 2.75) is 46.0 Å². The Balaban J connectivity index is 1.61. The maximum absolute atomic E-state index is 5.59. The Morgan fingerprint density at radius 1 is 1.37 bits per heavy atom. The van der Waals surface area contributed by atoms with Gasteiger partial charge in [-0.3, -0.25) is 0 Å². The molecular weight excluding hydrogens is 238 g/mol. The van der Waals surface area contributed by atoms with E-state index in [2.05, 4.69) is 22.2 Å². The van der Waals surface area contributed by atoms with Gasteiger partial charge >= 0.3 is 0 Å². The lowest BCUT2D eigenvalue weighted by molar-refractivity contribution is 0.304. The molecule has 0 aliphatic heterocycles. The fraction of sp³-hybridized carbons (Fsp3) is 0.733. The summed E-state index contributed by atoms with van der Waals surface area (Å²) in [6, 6.07) is 1.90. The number of aryl methyl sites for hydroxylation is 1. The maximum Gasteiger partial charge on any atom is 0.226 e. The molecule has 2 aliphatic carbocycles. The number of hydrogen-bond acceptors (Lipinski definition) is 4. The van der Waals surface area contributed by atoms with E-state index < -0.39 is 0 Å². The van der Waals surface area contributed by atoms with Gasteiger partial charge < -0.3 is 10.1 Å². The van der Waals surface area contributed by atoms with Crippen LogP contribution in [0.1, 0.15) is 44.7 Å². The average Bonchev–Trinajstić information content (AvgIpc) is 3.26. The first-order valence-electron chi connectivity index (χ1n) is 7.44. The molecule has 4 heteroatoms. The van der Waals surface area contributed by atoms with Crippen molar-refractivity contribution in [2.75, 3.05) is 18.5 Å². The molecule has 1 N–H and O–H groups in total. The van der Waals surface area contributed by atoms with Crippen molar-refractivity contribution in [1.82, 2.24) is 9.97 Å². The van der Waals surface area contributed by atoms with Crippen molar-refractivity contribution in [3.63, 3.8) is 0 Å². The average molecular weight is 261 g/mol. The monoisotopic (exact) mass is 261 g/mol. The van der Waals surface area contributed by atoms with Gasteiger partial charge in [0.15, 0.2) is 0 Å². The Morgan fingerprint density at radius 2 is 2.16 bits per heavy atom. The molecule has 1 heterocycles. The Hall–Kier alpha value is -1.32. The second-order valence-electron chi connectivity index (χ2n) is 6.01. The molecule has 104 valence electrons. The van der Waals surface area contributed by atoms with Crippen LogP contribution >= 0.6 is 0 Å². The van der Waals surface area contributed by atoms with Crippen molar-refractivity contribution in [2.24, 2.45) is 11.3 Å². The van der Waals surface area contributed by atoms with Gasteiger partial charge in [-0.15, -0.1) is 0 Å². The number of hydrogen-bond donors (Lipinski definition) is 1. The summed E-state index contributed by atoms with van der Waals surface area (Å²) in [6.07, 6.45) is 6.57. The lowest BCUT2D eigenvalue weighted by Gasteiger charge is -2.15. The van der Waals surface area contributed by atoms with Gasteiger partial charge in [0.25, 0.3) is 0 Å². The molecule has 1 aromatic rings. The largest absolute Gasteiger partial charge is 0.478 e. The number of aromatic nitrogens is 2. The minimum absolute atomic E-state index is 0.567. The summed E-state index contributed by atoms with van der Waals surface area (Å²) >= 11 is 0. The number of nitrogens with zero attached hydrogens (tertiary/aromatic N) is 2. The normalized spacial score (nSPS) is 20.1. The topological polar surface area (TPSA) is 47.0 Å². The van der Waals surface area contributed by atoms with E-state index in [0.29, 0.717) is 17.9 Å². The van der Waals surface area contributed by atoms with Crippen LogP contribution in [0.5, 0.6) is 5.88 Å². The number of anilines is 1. The van der Waals surface area contributed by atoms with E-state index in [-0.39, 0.29) is 0 Å². The summed E-state index contributed by atoms with van der Waals surface area (Å²) < 4.78 is 5.59. The molecule has 0 atom stereocenters. The van der Waals surface area contributed by atoms with Crippen molar-refractivity contribution >= 4 is 5.95 Å². The molecule has 2 fully saturated rings. The van der Waals surface area contributed by atoms with Gasteiger partial charge in [-0.25, -0.2) is 4.98 Å². The summed E-state index contributed by atoms with van der Waals surface area (Å²) in [4.78, 5) is 8.89. The first kappa shape index (κ1) is 12.7. The molecule has 0 spiro atoms. The van der Waals surface area contributed by atoms with E-state index in [1.54, 1.807) is 0 Å². The highest BCUT2D eigenvalue weighted by Gasteiger charge is 2.53. The van der Waals surface area contributed by atoms with Crippen LogP contribution in [-0.4, -0.2) is 23.1 Å². The first-order chi connectivity index (χ1) is 9.22. The third kappa shape index (κ3) is 2.99. The lowest BCUT2D eigenvalue weighted by Crippen LogP contribution is -2.19. The molecule has 0 amide bonds. The zero-order chi connectivity index (χ0) is 13.3. The van der Waals surface area contributed by atoms with Crippen molar-refractivity contribution in [3.05, 3.63) is 11.8 Å². The van der Waals surface area contributed by atoms with Crippen molar-refractivity contribution in [3.8, 4) is 5.88 Å². The molecule has 19 heavy (non-hydrogen) atoms. The van der Waals surface area contributed by atoms with Crippen LogP contribution in [0.3, 0.4) is 0 Å². The van der Waals surface area contributed by atoms with E-state index in [1.165, 1.54) is 25.7 Å². The fourth-order valence-electron chi connectivity index (χ4n) is 2.74. The van der Waals surface area contributed by atoms with Gasteiger partial charge in [0.2, 0.25) is 11.8 Å². The Morgan fingerprint density at radius 3 is 2.79 bits per heavy atom. The van der Waals surface area contributed by atoms with E-state index in [9.17, 15) is 0 Å². The third-order valence-corrected chi connectivity index (χ3v) is 4.22. The number of rotatable bonds is 7. The van der Waals surface area contributed by atoms with Gasteiger partial charge in [0, 0.05) is 18.3 Å². The molecule has 0 aromatic carbocycles. The van der Waals surface area contributed by atoms with Crippen LogP contribution in [0.25, 0.3) is 0 Å². The molecule has 2 aliphatic rings.